The monoisotopic (exact) mass is 457 g/mol. The van der Waals surface area contributed by atoms with Crippen LogP contribution in [0.25, 0.3) is 22.6 Å². The molecule has 0 radical (unpaired) electrons. The number of nitrogens with two attached hydrogens (primary N) is 1. The Balaban J connectivity index is 1.47. The Morgan fingerprint density at radius 3 is 2.68 bits per heavy atom. The third-order valence-electron chi connectivity index (χ3n) is 4.07. The molecule has 0 saturated carbocycles. The molecule has 0 bridgehead atoms. The molecule has 2 aromatic heterocycles. The number of halogens is 1. The summed E-state index contributed by atoms with van der Waals surface area (Å²) in [5.74, 6) is 8.83. The van der Waals surface area contributed by atoms with Crippen LogP contribution in [-0.4, -0.2) is 27.1 Å². The Kier molecular flexibility index (Phi) is 5.36. The SMILES string of the molecule is COc1ccc(-c2cc(CSc3nnc(-c4ccccc4Br)n3N)on2)cc1. The maximum absolute atomic E-state index is 6.18. The van der Waals surface area contributed by atoms with Gasteiger partial charge in [-0.05, 0) is 36.4 Å². The lowest BCUT2D eigenvalue weighted by Gasteiger charge is -2.04. The van der Waals surface area contributed by atoms with Gasteiger partial charge in [-0.15, -0.1) is 10.2 Å². The van der Waals surface area contributed by atoms with Gasteiger partial charge in [-0.25, -0.2) is 4.68 Å². The molecule has 4 aromatic rings. The third-order valence-corrected chi connectivity index (χ3v) is 5.72. The second kappa shape index (κ2) is 8.07. The lowest BCUT2D eigenvalue weighted by molar-refractivity contribution is 0.397. The van der Waals surface area contributed by atoms with E-state index in [9.17, 15) is 0 Å². The van der Waals surface area contributed by atoms with Crippen LogP contribution in [0, 0.1) is 0 Å². The van der Waals surface area contributed by atoms with Crippen molar-refractivity contribution in [3.8, 4) is 28.4 Å². The van der Waals surface area contributed by atoms with Crippen molar-refractivity contribution in [3.63, 3.8) is 0 Å². The molecule has 0 unspecified atom stereocenters. The smallest absolute Gasteiger partial charge is 0.210 e. The topological polar surface area (TPSA) is 92.0 Å². The summed E-state index contributed by atoms with van der Waals surface area (Å²) in [6.45, 7) is 0. The number of benzene rings is 2. The van der Waals surface area contributed by atoms with Crippen molar-refractivity contribution in [1.29, 1.82) is 0 Å². The van der Waals surface area contributed by atoms with Crippen molar-refractivity contribution in [3.05, 3.63) is 64.8 Å². The number of rotatable bonds is 6. The molecule has 0 atom stereocenters. The quantitative estimate of drug-likeness (QED) is 0.339. The molecule has 9 heteroatoms. The van der Waals surface area contributed by atoms with Crippen LogP contribution < -0.4 is 10.6 Å². The zero-order valence-corrected chi connectivity index (χ0v) is 17.3. The highest BCUT2D eigenvalue weighted by Gasteiger charge is 2.15. The van der Waals surface area contributed by atoms with E-state index in [1.54, 1.807) is 7.11 Å². The molecule has 0 fully saturated rings. The number of hydrogen-bond acceptors (Lipinski definition) is 7. The van der Waals surface area contributed by atoms with Gasteiger partial charge in [0.1, 0.15) is 17.2 Å². The van der Waals surface area contributed by atoms with Crippen LogP contribution in [0.3, 0.4) is 0 Å². The summed E-state index contributed by atoms with van der Waals surface area (Å²) in [5.41, 5.74) is 2.60. The van der Waals surface area contributed by atoms with E-state index in [2.05, 4.69) is 31.3 Å². The predicted molar refractivity (Wildman–Crippen MR) is 111 cm³/mol. The number of ether oxygens (including phenoxy) is 1. The van der Waals surface area contributed by atoms with Gasteiger partial charge in [0.2, 0.25) is 5.16 Å². The zero-order valence-electron chi connectivity index (χ0n) is 14.9. The molecular formula is C19H16BrN5O2S. The van der Waals surface area contributed by atoms with Crippen LogP contribution in [0.1, 0.15) is 5.76 Å². The highest BCUT2D eigenvalue weighted by molar-refractivity contribution is 9.10. The largest absolute Gasteiger partial charge is 0.497 e. The molecule has 0 aliphatic rings. The molecule has 28 heavy (non-hydrogen) atoms. The first-order valence-electron chi connectivity index (χ1n) is 8.34. The predicted octanol–water partition coefficient (Wildman–Crippen LogP) is 4.38. The zero-order chi connectivity index (χ0) is 19.5. The summed E-state index contributed by atoms with van der Waals surface area (Å²) >= 11 is 4.94. The summed E-state index contributed by atoms with van der Waals surface area (Å²) < 4.78 is 13.0. The molecule has 4 rings (SSSR count). The molecule has 0 aliphatic carbocycles. The number of thioether (sulfide) groups is 1. The Morgan fingerprint density at radius 2 is 1.93 bits per heavy atom. The number of hydrogen-bond donors (Lipinski definition) is 1. The van der Waals surface area contributed by atoms with Gasteiger partial charge in [0.25, 0.3) is 0 Å². The summed E-state index contributed by atoms with van der Waals surface area (Å²) in [7, 11) is 1.64. The normalized spacial score (nSPS) is 10.9. The molecule has 0 amide bonds. The molecule has 0 spiro atoms. The van der Waals surface area contributed by atoms with Gasteiger partial charge in [0.05, 0.1) is 12.9 Å². The van der Waals surface area contributed by atoms with Crippen LogP contribution in [0.4, 0.5) is 0 Å². The second-order valence-corrected chi connectivity index (χ2v) is 7.65. The Morgan fingerprint density at radius 1 is 1.14 bits per heavy atom. The number of nitrogen functional groups attached to an aromatic ring is 1. The van der Waals surface area contributed by atoms with E-state index in [0.29, 0.717) is 16.7 Å². The number of aromatic nitrogens is 4. The van der Waals surface area contributed by atoms with Gasteiger partial charge < -0.3 is 15.1 Å². The maximum Gasteiger partial charge on any atom is 0.210 e. The van der Waals surface area contributed by atoms with Gasteiger partial charge >= 0.3 is 0 Å². The molecule has 2 aromatic carbocycles. The van der Waals surface area contributed by atoms with Crippen molar-refractivity contribution >= 4 is 27.7 Å². The van der Waals surface area contributed by atoms with Crippen LogP contribution in [0.5, 0.6) is 5.75 Å². The standard InChI is InChI=1S/C19H16BrN5O2S/c1-26-13-8-6-12(7-9-13)17-10-14(27-24-17)11-28-19-23-22-18(25(19)21)15-4-2-3-5-16(15)20/h2-10H,11,21H2,1H3. The van der Waals surface area contributed by atoms with E-state index in [-0.39, 0.29) is 0 Å². The summed E-state index contributed by atoms with van der Waals surface area (Å²) in [5, 5.41) is 13.1. The van der Waals surface area contributed by atoms with Gasteiger partial charge in [0.15, 0.2) is 5.82 Å². The average molecular weight is 458 g/mol. The van der Waals surface area contributed by atoms with E-state index in [0.717, 1.165) is 32.8 Å². The van der Waals surface area contributed by atoms with Gasteiger partial charge in [-0.1, -0.05) is 45.0 Å². The minimum atomic E-state index is 0.536. The van der Waals surface area contributed by atoms with E-state index >= 15 is 0 Å². The average Bonchev–Trinajstić information content (AvgIpc) is 3.34. The minimum Gasteiger partial charge on any atom is -0.497 e. The fraction of sp³-hybridized carbons (Fsp3) is 0.105. The Labute approximate surface area is 174 Å². The number of nitrogens with zero attached hydrogens (tertiary/aromatic N) is 4. The first kappa shape index (κ1) is 18.6. The first-order valence-corrected chi connectivity index (χ1v) is 10.1. The van der Waals surface area contributed by atoms with Gasteiger partial charge in [-0.3, -0.25) is 0 Å². The van der Waals surface area contributed by atoms with Crippen LogP contribution in [0.2, 0.25) is 0 Å². The summed E-state index contributed by atoms with van der Waals surface area (Å²) in [6.07, 6.45) is 0. The van der Waals surface area contributed by atoms with Crippen LogP contribution >= 0.6 is 27.7 Å². The van der Waals surface area contributed by atoms with E-state index in [1.165, 1.54) is 16.4 Å². The maximum atomic E-state index is 6.18. The van der Waals surface area contributed by atoms with Crippen molar-refractivity contribution in [2.24, 2.45) is 0 Å². The number of methoxy groups -OCH3 is 1. The molecule has 7 nitrogen and oxygen atoms in total. The summed E-state index contributed by atoms with van der Waals surface area (Å²) in [6, 6.07) is 17.3. The lowest BCUT2D eigenvalue weighted by Crippen LogP contribution is -2.11. The second-order valence-electron chi connectivity index (χ2n) is 5.85. The molecule has 2 heterocycles. The van der Waals surface area contributed by atoms with Crippen molar-refractivity contribution in [2.45, 2.75) is 10.9 Å². The minimum absolute atomic E-state index is 0.536. The van der Waals surface area contributed by atoms with Crippen LogP contribution in [-0.2, 0) is 5.75 Å². The Bertz CT molecular complexity index is 1090. The van der Waals surface area contributed by atoms with Gasteiger partial charge in [0, 0.05) is 21.7 Å². The van der Waals surface area contributed by atoms with E-state index in [4.69, 9.17) is 15.1 Å². The summed E-state index contributed by atoms with van der Waals surface area (Å²) in [4.78, 5) is 0. The fourth-order valence-corrected chi connectivity index (χ4v) is 3.81. The molecule has 0 aliphatic heterocycles. The third kappa shape index (κ3) is 3.76. The molecule has 0 saturated heterocycles. The fourth-order valence-electron chi connectivity index (χ4n) is 2.62. The first-order chi connectivity index (χ1) is 13.7. The van der Waals surface area contributed by atoms with E-state index in [1.807, 2.05) is 54.6 Å². The molecule has 142 valence electrons. The molecular weight excluding hydrogens is 442 g/mol. The lowest BCUT2D eigenvalue weighted by atomic mass is 10.1. The highest BCUT2D eigenvalue weighted by Crippen LogP contribution is 2.30. The van der Waals surface area contributed by atoms with Gasteiger partial charge in [-0.2, -0.15) is 0 Å². The van der Waals surface area contributed by atoms with E-state index < -0.39 is 0 Å². The highest BCUT2D eigenvalue weighted by atomic mass is 79.9. The van der Waals surface area contributed by atoms with Crippen molar-refractivity contribution < 1.29 is 9.26 Å². The van der Waals surface area contributed by atoms with Crippen LogP contribution in [0.15, 0.2) is 68.7 Å². The van der Waals surface area contributed by atoms with Crippen molar-refractivity contribution in [1.82, 2.24) is 20.0 Å². The van der Waals surface area contributed by atoms with Crippen molar-refractivity contribution in [2.75, 3.05) is 13.0 Å². The molecule has 2 N–H and O–H groups in total. The Hall–Kier alpha value is -2.78.